The van der Waals surface area contributed by atoms with Crippen LogP contribution in [-0.4, -0.2) is 4.57 Å². The van der Waals surface area contributed by atoms with E-state index in [1.165, 1.54) is 76.5 Å². The van der Waals surface area contributed by atoms with Gasteiger partial charge in [0.15, 0.2) is 0 Å². The van der Waals surface area contributed by atoms with Crippen molar-refractivity contribution in [1.82, 2.24) is 4.57 Å². The van der Waals surface area contributed by atoms with Crippen LogP contribution >= 0.6 is 0 Å². The third kappa shape index (κ3) is 5.56. The molecule has 0 spiro atoms. The maximum absolute atomic E-state index is 2.44. The second kappa shape index (κ2) is 13.3. The number of rotatable bonds is 6. The van der Waals surface area contributed by atoms with Crippen LogP contribution in [0.1, 0.15) is 18.9 Å². The standard InChI is InChI=1S/C55H40N2/c1-55(42-26-23-40-25-28-48-47-20-9-8-15-39(47)24-29-49(48)51(40)36-42)33-31-44(32-34-55)56(45-19-12-16-41(35-45)38-13-4-2-5-14-38)46-27-30-54-52(37-46)50-21-10-11-22-53(50)57(54)43-17-6-3-7-18-43/h2-33,35-37H,34H2,1H3. The van der Waals surface area contributed by atoms with E-state index in [1.807, 2.05) is 0 Å². The number of para-hydroxylation sites is 2. The lowest BCUT2D eigenvalue weighted by Crippen LogP contribution is -2.24. The number of allylic oxidation sites excluding steroid dienone is 3. The first-order valence-corrected chi connectivity index (χ1v) is 19.9. The minimum atomic E-state index is -0.165. The van der Waals surface area contributed by atoms with Crippen LogP contribution < -0.4 is 4.90 Å². The molecule has 9 aromatic carbocycles. The van der Waals surface area contributed by atoms with Crippen molar-refractivity contribution in [1.29, 1.82) is 0 Å². The van der Waals surface area contributed by atoms with Gasteiger partial charge in [0, 0.05) is 38.9 Å². The smallest absolute Gasteiger partial charge is 0.0542 e. The predicted molar refractivity (Wildman–Crippen MR) is 243 cm³/mol. The largest absolute Gasteiger partial charge is 0.311 e. The molecule has 0 aliphatic heterocycles. The molecule has 1 heterocycles. The molecular weight excluding hydrogens is 689 g/mol. The van der Waals surface area contributed by atoms with Gasteiger partial charge in [-0.05, 0) is 116 Å². The van der Waals surface area contributed by atoms with E-state index >= 15 is 0 Å². The maximum Gasteiger partial charge on any atom is 0.0542 e. The number of benzene rings is 9. The fraction of sp³-hybridized carbons (Fsp3) is 0.0545. The van der Waals surface area contributed by atoms with Crippen LogP contribution in [0.3, 0.4) is 0 Å². The van der Waals surface area contributed by atoms with Gasteiger partial charge in [0.2, 0.25) is 0 Å². The van der Waals surface area contributed by atoms with Crippen molar-refractivity contribution in [3.63, 3.8) is 0 Å². The molecule has 11 rings (SSSR count). The molecule has 1 unspecified atom stereocenters. The molecule has 0 saturated carbocycles. The first-order chi connectivity index (χ1) is 28.1. The van der Waals surface area contributed by atoms with Crippen LogP contribution in [-0.2, 0) is 5.41 Å². The third-order valence-corrected chi connectivity index (χ3v) is 12.2. The second-order valence-corrected chi connectivity index (χ2v) is 15.6. The summed E-state index contributed by atoms with van der Waals surface area (Å²) in [6, 6.07) is 71.0. The normalized spacial score (nSPS) is 15.5. The molecule has 57 heavy (non-hydrogen) atoms. The van der Waals surface area contributed by atoms with E-state index in [1.54, 1.807) is 0 Å². The summed E-state index contributed by atoms with van der Waals surface area (Å²) in [4.78, 5) is 2.44. The van der Waals surface area contributed by atoms with Gasteiger partial charge >= 0.3 is 0 Å². The Hall–Kier alpha value is -7.16. The SMILES string of the molecule is CC1(c2ccc3ccc4c5ccccc5ccc4c3c2)C=CC(N(c2cccc(-c3ccccc3)c2)c2ccc3c(c2)c2ccccc2n3-c2ccccc2)=CC1. The predicted octanol–water partition coefficient (Wildman–Crippen LogP) is 14.9. The van der Waals surface area contributed by atoms with E-state index < -0.39 is 0 Å². The summed E-state index contributed by atoms with van der Waals surface area (Å²) in [5.74, 6) is 0. The lowest BCUT2D eigenvalue weighted by molar-refractivity contribution is 0.596. The summed E-state index contributed by atoms with van der Waals surface area (Å²) in [6.45, 7) is 2.38. The lowest BCUT2D eigenvalue weighted by Gasteiger charge is -2.34. The van der Waals surface area contributed by atoms with Gasteiger partial charge in [-0.1, -0.05) is 159 Å². The van der Waals surface area contributed by atoms with E-state index in [2.05, 4.69) is 229 Å². The van der Waals surface area contributed by atoms with E-state index in [-0.39, 0.29) is 5.41 Å². The Morgan fingerprint density at radius 2 is 1.11 bits per heavy atom. The average Bonchev–Trinajstić information content (AvgIpc) is 3.61. The van der Waals surface area contributed by atoms with E-state index in [4.69, 9.17) is 0 Å². The van der Waals surface area contributed by atoms with E-state index in [9.17, 15) is 0 Å². The Labute approximate surface area is 332 Å². The van der Waals surface area contributed by atoms with Crippen LogP contribution in [0.4, 0.5) is 11.4 Å². The van der Waals surface area contributed by atoms with Gasteiger partial charge in [-0.15, -0.1) is 0 Å². The molecule has 1 aliphatic carbocycles. The van der Waals surface area contributed by atoms with Gasteiger partial charge < -0.3 is 9.47 Å². The number of aromatic nitrogens is 1. The van der Waals surface area contributed by atoms with Gasteiger partial charge in [0.05, 0.1) is 11.0 Å². The van der Waals surface area contributed by atoms with Crippen LogP contribution in [0.25, 0.3) is 70.9 Å². The molecule has 1 aromatic heterocycles. The quantitative estimate of drug-likeness (QED) is 0.155. The van der Waals surface area contributed by atoms with Crippen LogP contribution in [0.2, 0.25) is 0 Å². The van der Waals surface area contributed by atoms with E-state index in [0.29, 0.717) is 0 Å². The molecule has 0 N–H and O–H groups in total. The molecule has 1 atom stereocenters. The van der Waals surface area contributed by atoms with Crippen molar-refractivity contribution in [2.45, 2.75) is 18.8 Å². The Balaban J connectivity index is 1.03. The molecule has 2 nitrogen and oxygen atoms in total. The number of anilines is 2. The molecule has 270 valence electrons. The summed E-state index contributed by atoms with van der Waals surface area (Å²) in [7, 11) is 0. The highest BCUT2D eigenvalue weighted by Gasteiger charge is 2.28. The summed E-state index contributed by atoms with van der Waals surface area (Å²) < 4.78 is 2.38. The van der Waals surface area contributed by atoms with Crippen LogP contribution in [0.15, 0.2) is 218 Å². The number of fused-ring (bicyclic) bond motifs is 8. The highest BCUT2D eigenvalue weighted by Crippen LogP contribution is 2.43. The van der Waals surface area contributed by atoms with Crippen molar-refractivity contribution in [2.75, 3.05) is 4.90 Å². The highest BCUT2D eigenvalue weighted by molar-refractivity contribution is 6.17. The molecular formula is C55H40N2. The Kier molecular flexibility index (Phi) is 7.72. The molecule has 2 heteroatoms. The summed E-state index contributed by atoms with van der Waals surface area (Å²) in [5.41, 5.74) is 10.6. The molecule has 0 bridgehead atoms. The van der Waals surface area contributed by atoms with Gasteiger partial charge in [-0.2, -0.15) is 0 Å². The van der Waals surface area contributed by atoms with Gasteiger partial charge in [0.25, 0.3) is 0 Å². The zero-order chi connectivity index (χ0) is 37.9. The molecule has 0 amide bonds. The minimum absolute atomic E-state index is 0.165. The van der Waals surface area contributed by atoms with Gasteiger partial charge in [0.1, 0.15) is 0 Å². The van der Waals surface area contributed by atoms with Crippen molar-refractivity contribution in [3.8, 4) is 16.8 Å². The summed E-state index contributed by atoms with van der Waals surface area (Å²) in [6.07, 6.45) is 8.09. The average molecular weight is 729 g/mol. The Bertz CT molecular complexity index is 3220. The lowest BCUT2D eigenvalue weighted by atomic mass is 9.76. The van der Waals surface area contributed by atoms with Crippen molar-refractivity contribution in [3.05, 3.63) is 224 Å². The number of nitrogens with zero attached hydrogens (tertiary/aromatic N) is 2. The molecule has 0 radical (unpaired) electrons. The van der Waals surface area contributed by atoms with Crippen molar-refractivity contribution >= 4 is 65.5 Å². The molecule has 0 saturated heterocycles. The van der Waals surface area contributed by atoms with Crippen LogP contribution in [0.5, 0.6) is 0 Å². The van der Waals surface area contributed by atoms with Crippen LogP contribution in [0, 0.1) is 0 Å². The zero-order valence-corrected chi connectivity index (χ0v) is 31.8. The Morgan fingerprint density at radius 3 is 1.91 bits per heavy atom. The highest BCUT2D eigenvalue weighted by atomic mass is 15.1. The molecule has 0 fully saturated rings. The third-order valence-electron chi connectivity index (χ3n) is 12.2. The fourth-order valence-electron chi connectivity index (χ4n) is 9.13. The number of hydrogen-bond donors (Lipinski definition) is 0. The fourth-order valence-corrected chi connectivity index (χ4v) is 9.13. The molecule has 10 aromatic rings. The van der Waals surface area contributed by atoms with Gasteiger partial charge in [-0.3, -0.25) is 0 Å². The monoisotopic (exact) mass is 728 g/mol. The zero-order valence-electron chi connectivity index (χ0n) is 31.8. The first kappa shape index (κ1) is 33.2. The number of hydrogen-bond acceptors (Lipinski definition) is 1. The first-order valence-electron chi connectivity index (χ1n) is 19.9. The summed E-state index contributed by atoms with van der Waals surface area (Å²) in [5, 5.41) is 10.3. The van der Waals surface area contributed by atoms with Crippen molar-refractivity contribution < 1.29 is 0 Å². The minimum Gasteiger partial charge on any atom is -0.311 e. The van der Waals surface area contributed by atoms with Gasteiger partial charge in [-0.25, -0.2) is 0 Å². The summed E-state index contributed by atoms with van der Waals surface area (Å²) >= 11 is 0. The van der Waals surface area contributed by atoms with Crippen molar-refractivity contribution in [2.24, 2.45) is 0 Å². The van der Waals surface area contributed by atoms with E-state index in [0.717, 1.165) is 23.5 Å². The topological polar surface area (TPSA) is 8.17 Å². The molecule has 1 aliphatic rings. The maximum atomic E-state index is 2.44. The Morgan fingerprint density at radius 1 is 0.456 bits per heavy atom. The second-order valence-electron chi connectivity index (χ2n) is 15.6.